The quantitative estimate of drug-likeness (QED) is 0.704. The normalized spacial score (nSPS) is 22.0. The van der Waals surface area contributed by atoms with Crippen molar-refractivity contribution >= 4 is 5.91 Å². The maximum atomic E-state index is 12.6. The summed E-state index contributed by atoms with van der Waals surface area (Å²) in [4.78, 5) is 12.6. The predicted molar refractivity (Wildman–Crippen MR) is 108 cm³/mol. The van der Waals surface area contributed by atoms with Crippen molar-refractivity contribution in [3.05, 3.63) is 106 Å². The Bertz CT molecular complexity index is 975. The molecular formula is C25H23NO. The zero-order valence-corrected chi connectivity index (χ0v) is 15.5. The Morgan fingerprint density at radius 2 is 1.52 bits per heavy atom. The predicted octanol–water partition coefficient (Wildman–Crippen LogP) is 5.02. The number of rotatable bonds is 3. The van der Waals surface area contributed by atoms with Gasteiger partial charge < -0.3 is 5.32 Å². The summed E-state index contributed by atoms with van der Waals surface area (Å²) in [5.41, 5.74) is 7.70. The van der Waals surface area contributed by atoms with Crippen LogP contribution < -0.4 is 5.32 Å². The fourth-order valence-corrected chi connectivity index (χ4v) is 5.07. The highest BCUT2D eigenvalue weighted by molar-refractivity contribution is 5.94. The van der Waals surface area contributed by atoms with Crippen molar-refractivity contribution < 1.29 is 4.79 Å². The summed E-state index contributed by atoms with van der Waals surface area (Å²) < 4.78 is 0. The lowest BCUT2D eigenvalue weighted by Crippen LogP contribution is -2.39. The van der Waals surface area contributed by atoms with Crippen molar-refractivity contribution in [1.82, 2.24) is 5.32 Å². The molecule has 0 saturated carbocycles. The summed E-state index contributed by atoms with van der Waals surface area (Å²) >= 11 is 0. The molecular weight excluding hydrogens is 330 g/mol. The number of carbonyl (C=O) groups excluding carboxylic acids is 1. The monoisotopic (exact) mass is 353 g/mol. The summed E-state index contributed by atoms with van der Waals surface area (Å²) in [6.45, 7) is 2.74. The highest BCUT2D eigenvalue weighted by Crippen LogP contribution is 2.55. The second kappa shape index (κ2) is 6.38. The van der Waals surface area contributed by atoms with Gasteiger partial charge in [0.25, 0.3) is 5.91 Å². The van der Waals surface area contributed by atoms with Crippen LogP contribution >= 0.6 is 0 Å². The van der Waals surface area contributed by atoms with E-state index < -0.39 is 0 Å². The van der Waals surface area contributed by atoms with Gasteiger partial charge in [-0.25, -0.2) is 0 Å². The lowest BCUT2D eigenvalue weighted by molar-refractivity contribution is 0.0943. The molecule has 3 aliphatic rings. The van der Waals surface area contributed by atoms with E-state index in [0.29, 0.717) is 17.8 Å². The summed E-state index contributed by atoms with van der Waals surface area (Å²) in [6, 6.07) is 25.5. The van der Waals surface area contributed by atoms with Gasteiger partial charge in [0.1, 0.15) is 0 Å². The molecule has 1 atom stereocenters. The third kappa shape index (κ3) is 2.68. The minimum Gasteiger partial charge on any atom is -0.352 e. The van der Waals surface area contributed by atoms with E-state index in [9.17, 15) is 4.79 Å². The summed E-state index contributed by atoms with van der Waals surface area (Å²) in [7, 11) is 0. The van der Waals surface area contributed by atoms with E-state index in [2.05, 4.69) is 53.8 Å². The lowest BCUT2D eigenvalue weighted by atomic mass is 9.59. The van der Waals surface area contributed by atoms with Crippen LogP contribution in [-0.4, -0.2) is 12.5 Å². The van der Waals surface area contributed by atoms with Gasteiger partial charge in [-0.05, 0) is 53.6 Å². The molecule has 27 heavy (non-hydrogen) atoms. The van der Waals surface area contributed by atoms with Crippen molar-refractivity contribution in [2.45, 2.75) is 25.2 Å². The summed E-state index contributed by atoms with van der Waals surface area (Å²) in [6.07, 6.45) is 1.10. The second-order valence-corrected chi connectivity index (χ2v) is 7.86. The van der Waals surface area contributed by atoms with Crippen LogP contribution in [0.4, 0.5) is 0 Å². The molecule has 6 rings (SSSR count). The minimum atomic E-state index is 0.0294. The fraction of sp³-hybridized carbons (Fsp3) is 0.240. The molecule has 0 spiro atoms. The summed E-state index contributed by atoms with van der Waals surface area (Å²) in [5.74, 6) is 1.29. The van der Waals surface area contributed by atoms with E-state index in [0.717, 1.165) is 24.1 Å². The van der Waals surface area contributed by atoms with Crippen molar-refractivity contribution in [3.8, 4) is 0 Å². The molecule has 1 amide bonds. The van der Waals surface area contributed by atoms with Crippen LogP contribution in [0.3, 0.4) is 0 Å². The Morgan fingerprint density at radius 3 is 2.15 bits per heavy atom. The highest BCUT2D eigenvalue weighted by atomic mass is 16.1. The second-order valence-electron chi connectivity index (χ2n) is 7.86. The molecule has 0 fully saturated rings. The lowest BCUT2D eigenvalue weighted by Gasteiger charge is -2.45. The van der Waals surface area contributed by atoms with Gasteiger partial charge in [0.05, 0.1) is 0 Å². The van der Waals surface area contributed by atoms with E-state index in [4.69, 9.17) is 0 Å². The van der Waals surface area contributed by atoms with Gasteiger partial charge in [-0.2, -0.15) is 0 Å². The topological polar surface area (TPSA) is 29.1 Å². The molecule has 0 radical (unpaired) electrons. The van der Waals surface area contributed by atoms with Crippen molar-refractivity contribution in [2.24, 2.45) is 5.92 Å². The fourth-order valence-electron chi connectivity index (χ4n) is 5.07. The Kier molecular flexibility index (Phi) is 3.86. The van der Waals surface area contributed by atoms with Crippen molar-refractivity contribution in [2.75, 3.05) is 6.54 Å². The smallest absolute Gasteiger partial charge is 0.251 e. The van der Waals surface area contributed by atoms with Crippen LogP contribution in [0.2, 0.25) is 0 Å². The third-order valence-electron chi connectivity index (χ3n) is 6.23. The number of aryl methyl sites for hydroxylation is 1. The Balaban J connectivity index is 1.43. The van der Waals surface area contributed by atoms with E-state index in [1.165, 1.54) is 22.3 Å². The molecule has 2 nitrogen and oxygen atoms in total. The van der Waals surface area contributed by atoms with Gasteiger partial charge in [0, 0.05) is 23.9 Å². The first-order valence-corrected chi connectivity index (χ1v) is 9.75. The minimum absolute atomic E-state index is 0.0294. The average molecular weight is 353 g/mol. The highest BCUT2D eigenvalue weighted by Gasteiger charge is 2.42. The van der Waals surface area contributed by atoms with Crippen LogP contribution in [0.15, 0.2) is 72.8 Å². The molecule has 0 aromatic heterocycles. The maximum absolute atomic E-state index is 12.6. The Hall–Kier alpha value is -2.87. The molecule has 0 saturated heterocycles. The van der Waals surface area contributed by atoms with Gasteiger partial charge in [0.15, 0.2) is 0 Å². The van der Waals surface area contributed by atoms with Crippen molar-refractivity contribution in [1.29, 1.82) is 0 Å². The third-order valence-corrected chi connectivity index (χ3v) is 6.23. The number of amides is 1. The first kappa shape index (κ1) is 16.3. The largest absolute Gasteiger partial charge is 0.352 e. The van der Waals surface area contributed by atoms with Gasteiger partial charge in [-0.1, -0.05) is 66.2 Å². The Morgan fingerprint density at radius 1 is 0.889 bits per heavy atom. The molecule has 2 heteroatoms. The van der Waals surface area contributed by atoms with Crippen molar-refractivity contribution in [3.63, 3.8) is 0 Å². The van der Waals surface area contributed by atoms with Crippen LogP contribution in [0.5, 0.6) is 0 Å². The summed E-state index contributed by atoms with van der Waals surface area (Å²) in [5, 5.41) is 3.20. The number of fused-ring (bicyclic) bond motifs is 1. The van der Waals surface area contributed by atoms with E-state index in [-0.39, 0.29) is 5.91 Å². The molecule has 3 aromatic carbocycles. The van der Waals surface area contributed by atoms with Gasteiger partial charge >= 0.3 is 0 Å². The zero-order valence-electron chi connectivity index (χ0n) is 15.5. The van der Waals surface area contributed by atoms with E-state index >= 15 is 0 Å². The molecule has 0 aliphatic heterocycles. The molecule has 3 aliphatic carbocycles. The first-order valence-electron chi connectivity index (χ1n) is 9.75. The van der Waals surface area contributed by atoms with E-state index in [1.807, 2.05) is 31.2 Å². The van der Waals surface area contributed by atoms with Crippen LogP contribution in [0.1, 0.15) is 56.4 Å². The van der Waals surface area contributed by atoms with Crippen LogP contribution in [-0.2, 0) is 0 Å². The molecule has 0 heterocycles. The average Bonchev–Trinajstić information content (AvgIpc) is 2.72. The Labute approximate surface area is 160 Å². The SMILES string of the molecule is Cc1cccc(C(=O)NCC2CC3c4ccccc4C2c2ccccc23)c1. The number of benzene rings is 3. The molecule has 1 N–H and O–H groups in total. The molecule has 3 aromatic rings. The molecule has 2 bridgehead atoms. The van der Waals surface area contributed by atoms with Gasteiger partial charge in [-0.15, -0.1) is 0 Å². The molecule has 134 valence electrons. The van der Waals surface area contributed by atoms with Gasteiger partial charge in [-0.3, -0.25) is 4.79 Å². The zero-order chi connectivity index (χ0) is 18.4. The number of carbonyl (C=O) groups is 1. The van der Waals surface area contributed by atoms with Gasteiger partial charge in [0.2, 0.25) is 0 Å². The number of hydrogen-bond acceptors (Lipinski definition) is 1. The standard InChI is InChI=1S/C25H23NO/c1-16-7-6-8-17(13-16)25(27)26-15-18-14-23-19-9-2-4-11-21(19)24(18)22-12-5-3-10-20(22)23/h2-13,18,23-24H,14-15H2,1H3,(H,26,27). The molecule has 1 unspecified atom stereocenters. The first-order chi connectivity index (χ1) is 13.2. The number of nitrogens with one attached hydrogen (secondary N) is 1. The van der Waals surface area contributed by atoms with E-state index in [1.54, 1.807) is 0 Å². The number of hydrogen-bond donors (Lipinski definition) is 1. The van der Waals surface area contributed by atoms with Crippen LogP contribution in [0, 0.1) is 12.8 Å². The van der Waals surface area contributed by atoms with Crippen LogP contribution in [0.25, 0.3) is 0 Å². The maximum Gasteiger partial charge on any atom is 0.251 e.